The van der Waals surface area contributed by atoms with E-state index in [0.29, 0.717) is 10.8 Å². The monoisotopic (exact) mass is 320 g/mol. The summed E-state index contributed by atoms with van der Waals surface area (Å²) in [5.74, 6) is 0.182. The van der Waals surface area contributed by atoms with Gasteiger partial charge in [-0.3, -0.25) is 4.79 Å². The maximum absolute atomic E-state index is 11.4. The Morgan fingerprint density at radius 3 is 2.41 bits per heavy atom. The molecule has 0 aliphatic carbocycles. The van der Waals surface area contributed by atoms with Crippen LogP contribution in [-0.2, 0) is 0 Å². The number of carbonyl (C=O) groups is 1. The molecular weight excluding hydrogens is 304 g/mol. The molecule has 0 saturated carbocycles. The Morgan fingerprint density at radius 1 is 1.18 bits per heavy atom. The normalized spacial score (nSPS) is 13.3. The number of carbonyl (C=O) groups excluding carboxylic acids is 1. The molecule has 0 fully saturated rings. The number of halogens is 1. The van der Waals surface area contributed by atoms with Gasteiger partial charge in [-0.1, -0.05) is 23.7 Å². The van der Waals surface area contributed by atoms with Crippen LogP contribution in [0.15, 0.2) is 36.4 Å². The summed E-state index contributed by atoms with van der Waals surface area (Å²) in [4.78, 5) is 11.4. The summed E-state index contributed by atoms with van der Waals surface area (Å²) < 4.78 is 0. The minimum Gasteiger partial charge on any atom is -0.386 e. The summed E-state index contributed by atoms with van der Waals surface area (Å²) in [5, 5.41) is 24.2. The van der Waals surface area contributed by atoms with Gasteiger partial charge in [0.25, 0.3) is 5.91 Å². The molecule has 0 radical (unpaired) electrons. The Labute approximate surface area is 133 Å². The van der Waals surface area contributed by atoms with Gasteiger partial charge >= 0.3 is 0 Å². The zero-order chi connectivity index (χ0) is 16.1. The second-order valence-corrected chi connectivity index (χ2v) is 5.25. The summed E-state index contributed by atoms with van der Waals surface area (Å²) in [6.45, 7) is 1.83. The molecule has 1 heterocycles. The molecule has 116 valence electrons. The molecule has 0 aliphatic heterocycles. The van der Waals surface area contributed by atoms with Gasteiger partial charge in [-0.15, -0.1) is 10.2 Å². The van der Waals surface area contributed by atoms with E-state index in [1.165, 1.54) is 7.05 Å². The van der Waals surface area contributed by atoms with Gasteiger partial charge in [0.05, 0.1) is 12.1 Å². The Hall–Kier alpha value is -2.18. The van der Waals surface area contributed by atoms with Crippen molar-refractivity contribution in [1.82, 2.24) is 15.5 Å². The first-order chi connectivity index (χ1) is 10.5. The maximum atomic E-state index is 11.4. The highest BCUT2D eigenvalue weighted by Gasteiger charge is 2.17. The summed E-state index contributed by atoms with van der Waals surface area (Å²) in [6.07, 6.45) is -0.724. The fraction of sp³-hybridized carbons (Fsp3) is 0.267. The first-order valence-corrected chi connectivity index (χ1v) is 7.15. The molecule has 1 aromatic heterocycles. The molecule has 1 aromatic carbocycles. The fourth-order valence-electron chi connectivity index (χ4n) is 1.92. The predicted octanol–water partition coefficient (Wildman–Crippen LogP) is 2.02. The van der Waals surface area contributed by atoms with Crippen molar-refractivity contribution < 1.29 is 9.90 Å². The Bertz CT molecular complexity index is 631. The van der Waals surface area contributed by atoms with Gasteiger partial charge in [-0.25, -0.2) is 0 Å². The average molecular weight is 321 g/mol. The number of anilines is 1. The van der Waals surface area contributed by atoms with Gasteiger partial charge in [-0.2, -0.15) is 0 Å². The van der Waals surface area contributed by atoms with Crippen LogP contribution in [0.25, 0.3) is 0 Å². The molecule has 7 heteroatoms. The molecule has 0 spiro atoms. The van der Waals surface area contributed by atoms with Gasteiger partial charge in [-0.05, 0) is 36.8 Å². The van der Waals surface area contributed by atoms with Crippen molar-refractivity contribution in [2.24, 2.45) is 0 Å². The zero-order valence-electron chi connectivity index (χ0n) is 12.2. The lowest BCUT2D eigenvalue weighted by Crippen LogP contribution is -2.25. The Morgan fingerprint density at radius 2 is 1.86 bits per heavy atom. The van der Waals surface area contributed by atoms with Crippen molar-refractivity contribution in [2.45, 2.75) is 19.1 Å². The van der Waals surface area contributed by atoms with Crippen LogP contribution >= 0.6 is 11.6 Å². The molecule has 0 bridgehead atoms. The van der Waals surface area contributed by atoms with Gasteiger partial charge in [0.1, 0.15) is 5.82 Å². The molecular formula is C15H17ClN4O2. The van der Waals surface area contributed by atoms with Crippen molar-refractivity contribution in [3.8, 4) is 0 Å². The first kappa shape index (κ1) is 16.2. The van der Waals surface area contributed by atoms with Gasteiger partial charge in [0.2, 0.25) is 0 Å². The van der Waals surface area contributed by atoms with E-state index in [1.807, 2.05) is 6.92 Å². The summed E-state index contributed by atoms with van der Waals surface area (Å²) in [5.41, 5.74) is 0.985. The van der Waals surface area contributed by atoms with Crippen molar-refractivity contribution in [2.75, 3.05) is 12.4 Å². The smallest absolute Gasteiger partial charge is 0.271 e. The van der Waals surface area contributed by atoms with Crippen LogP contribution in [0.3, 0.4) is 0 Å². The van der Waals surface area contributed by atoms with Crippen molar-refractivity contribution in [3.63, 3.8) is 0 Å². The average Bonchev–Trinajstić information content (AvgIpc) is 2.54. The number of nitrogens with zero attached hydrogens (tertiary/aromatic N) is 2. The van der Waals surface area contributed by atoms with Gasteiger partial charge in [0, 0.05) is 12.1 Å². The van der Waals surface area contributed by atoms with E-state index in [1.54, 1.807) is 36.4 Å². The lowest BCUT2D eigenvalue weighted by molar-refractivity contribution is 0.0957. The van der Waals surface area contributed by atoms with Crippen molar-refractivity contribution in [3.05, 3.63) is 52.7 Å². The fourth-order valence-corrected chi connectivity index (χ4v) is 2.05. The molecule has 2 aromatic rings. The quantitative estimate of drug-likeness (QED) is 0.784. The van der Waals surface area contributed by atoms with Gasteiger partial charge in [0.15, 0.2) is 5.69 Å². The number of rotatable bonds is 5. The summed E-state index contributed by atoms with van der Waals surface area (Å²) in [7, 11) is 1.53. The molecule has 6 nitrogen and oxygen atoms in total. The lowest BCUT2D eigenvalue weighted by Gasteiger charge is -2.21. The van der Waals surface area contributed by atoms with Crippen LogP contribution in [0.5, 0.6) is 0 Å². The number of aromatic nitrogens is 2. The summed E-state index contributed by atoms with van der Waals surface area (Å²) >= 11 is 5.83. The molecule has 0 saturated heterocycles. The van der Waals surface area contributed by atoms with Crippen molar-refractivity contribution in [1.29, 1.82) is 0 Å². The number of amides is 1. The minimum atomic E-state index is -0.724. The van der Waals surface area contributed by atoms with E-state index >= 15 is 0 Å². The number of aliphatic hydroxyl groups excluding tert-OH is 1. The third-order valence-electron chi connectivity index (χ3n) is 3.18. The molecule has 2 atom stereocenters. The van der Waals surface area contributed by atoms with Crippen LogP contribution in [0.2, 0.25) is 5.02 Å². The van der Waals surface area contributed by atoms with Crippen LogP contribution in [0.4, 0.5) is 5.82 Å². The molecule has 22 heavy (non-hydrogen) atoms. The number of nitrogens with one attached hydrogen (secondary N) is 2. The SMILES string of the molecule is CNC(=O)c1ccc(N[C@H](C)[C@@H](O)c2ccc(Cl)cc2)nn1. The number of hydrogen-bond acceptors (Lipinski definition) is 5. The van der Waals surface area contributed by atoms with Gasteiger partial charge < -0.3 is 15.7 Å². The Kier molecular flexibility index (Phi) is 5.30. The van der Waals surface area contributed by atoms with Crippen LogP contribution in [-0.4, -0.2) is 34.3 Å². The van der Waals surface area contributed by atoms with Crippen molar-refractivity contribution >= 4 is 23.3 Å². The van der Waals surface area contributed by atoms with Crippen LogP contribution in [0, 0.1) is 0 Å². The van der Waals surface area contributed by atoms with Crippen LogP contribution in [0.1, 0.15) is 29.1 Å². The number of aliphatic hydroxyl groups is 1. The van der Waals surface area contributed by atoms with E-state index in [9.17, 15) is 9.90 Å². The minimum absolute atomic E-state index is 0.235. The second-order valence-electron chi connectivity index (χ2n) is 4.81. The molecule has 0 aliphatic rings. The standard InChI is InChI=1S/C15H17ClN4O2/c1-9(14(21)10-3-5-11(16)6-4-10)18-13-8-7-12(19-20-13)15(22)17-2/h3-9,14,21H,1-2H3,(H,17,22)(H,18,20)/t9-,14-/m1/s1. The van der Waals surface area contributed by atoms with E-state index in [0.717, 1.165) is 5.56 Å². The maximum Gasteiger partial charge on any atom is 0.271 e. The molecule has 1 amide bonds. The molecule has 2 rings (SSSR count). The summed E-state index contributed by atoms with van der Waals surface area (Å²) in [6, 6.07) is 9.91. The predicted molar refractivity (Wildman–Crippen MR) is 84.9 cm³/mol. The highest BCUT2D eigenvalue weighted by molar-refractivity contribution is 6.30. The van der Waals surface area contributed by atoms with E-state index < -0.39 is 6.10 Å². The highest BCUT2D eigenvalue weighted by Crippen LogP contribution is 2.21. The largest absolute Gasteiger partial charge is 0.386 e. The Balaban J connectivity index is 2.03. The first-order valence-electron chi connectivity index (χ1n) is 6.77. The second kappa shape index (κ2) is 7.20. The number of hydrogen-bond donors (Lipinski definition) is 3. The molecule has 0 unspecified atom stereocenters. The van der Waals surface area contributed by atoms with E-state index in [-0.39, 0.29) is 17.6 Å². The number of benzene rings is 1. The van der Waals surface area contributed by atoms with Crippen LogP contribution < -0.4 is 10.6 Å². The van der Waals surface area contributed by atoms with E-state index in [2.05, 4.69) is 20.8 Å². The third-order valence-corrected chi connectivity index (χ3v) is 3.44. The van der Waals surface area contributed by atoms with E-state index in [4.69, 9.17) is 11.6 Å². The zero-order valence-corrected chi connectivity index (χ0v) is 13.0. The topological polar surface area (TPSA) is 87.1 Å². The lowest BCUT2D eigenvalue weighted by atomic mass is 10.0. The third kappa shape index (κ3) is 3.93. The molecule has 3 N–H and O–H groups in total. The highest BCUT2D eigenvalue weighted by atomic mass is 35.5.